The largest absolute Gasteiger partial charge is 0.495 e. The van der Waals surface area contributed by atoms with Gasteiger partial charge in [-0.25, -0.2) is 4.39 Å². The third-order valence-corrected chi connectivity index (χ3v) is 3.33. The van der Waals surface area contributed by atoms with Crippen molar-refractivity contribution in [2.75, 3.05) is 12.8 Å². The van der Waals surface area contributed by atoms with Crippen LogP contribution in [0.3, 0.4) is 0 Å². The number of rotatable bonds is 3. The fraction of sp³-hybridized carbons (Fsp3) is 0.0714. The number of halogens is 3. The number of hydrogen-bond donors (Lipinski definition) is 1. The van der Waals surface area contributed by atoms with E-state index in [1.807, 2.05) is 0 Å². The van der Waals surface area contributed by atoms with Crippen LogP contribution < -0.4 is 10.5 Å². The molecule has 2 aromatic carbocycles. The molecule has 0 heterocycles. The smallest absolute Gasteiger partial charge is 0.197 e. The van der Waals surface area contributed by atoms with Gasteiger partial charge in [-0.3, -0.25) is 4.79 Å². The Hall–Kier alpha value is -1.78. The summed E-state index contributed by atoms with van der Waals surface area (Å²) in [6, 6.07) is 6.58. The van der Waals surface area contributed by atoms with Crippen molar-refractivity contribution in [1.29, 1.82) is 0 Å². The molecule has 0 saturated carbocycles. The first-order valence-electron chi connectivity index (χ1n) is 5.56. The summed E-state index contributed by atoms with van der Waals surface area (Å²) in [4.78, 5) is 12.3. The van der Waals surface area contributed by atoms with Gasteiger partial charge in [-0.1, -0.05) is 23.2 Å². The summed E-state index contributed by atoms with van der Waals surface area (Å²) in [5.41, 5.74) is 5.65. The minimum Gasteiger partial charge on any atom is -0.495 e. The normalized spacial score (nSPS) is 10.4. The maximum Gasteiger partial charge on any atom is 0.197 e. The molecule has 0 atom stereocenters. The fourth-order valence-electron chi connectivity index (χ4n) is 1.72. The van der Waals surface area contributed by atoms with Gasteiger partial charge in [-0.05, 0) is 24.3 Å². The van der Waals surface area contributed by atoms with Crippen molar-refractivity contribution < 1.29 is 13.9 Å². The Morgan fingerprint density at radius 1 is 1.15 bits per heavy atom. The number of nitrogen functional groups attached to an aromatic ring is 1. The summed E-state index contributed by atoms with van der Waals surface area (Å²) in [7, 11) is 1.43. The molecular formula is C14H10Cl2FNO2. The van der Waals surface area contributed by atoms with Crippen LogP contribution in [-0.2, 0) is 0 Å². The first-order valence-corrected chi connectivity index (χ1v) is 6.32. The number of ketones is 1. The van der Waals surface area contributed by atoms with Crippen molar-refractivity contribution in [2.45, 2.75) is 0 Å². The van der Waals surface area contributed by atoms with Crippen LogP contribution in [0.4, 0.5) is 10.1 Å². The molecule has 0 spiro atoms. The molecule has 3 nitrogen and oxygen atoms in total. The molecule has 20 heavy (non-hydrogen) atoms. The highest BCUT2D eigenvalue weighted by atomic mass is 35.5. The van der Waals surface area contributed by atoms with Gasteiger partial charge in [0.15, 0.2) is 5.78 Å². The van der Waals surface area contributed by atoms with Crippen molar-refractivity contribution in [3.8, 4) is 5.75 Å². The van der Waals surface area contributed by atoms with Crippen molar-refractivity contribution in [3.05, 3.63) is 57.3 Å². The Morgan fingerprint density at radius 2 is 1.85 bits per heavy atom. The SMILES string of the molecule is COc1cc(Cl)c(C(=O)c2ccc(N)cc2F)cc1Cl. The van der Waals surface area contributed by atoms with E-state index in [1.54, 1.807) is 0 Å². The molecule has 0 bridgehead atoms. The van der Waals surface area contributed by atoms with Crippen LogP contribution in [0.5, 0.6) is 5.75 Å². The average Bonchev–Trinajstić information content (AvgIpc) is 2.40. The average molecular weight is 314 g/mol. The van der Waals surface area contributed by atoms with Crippen LogP contribution in [0, 0.1) is 5.82 Å². The first kappa shape index (κ1) is 14.6. The summed E-state index contributed by atoms with van der Waals surface area (Å²) >= 11 is 12.0. The van der Waals surface area contributed by atoms with Gasteiger partial charge in [0.05, 0.1) is 22.7 Å². The van der Waals surface area contributed by atoms with Gasteiger partial charge in [0, 0.05) is 17.3 Å². The van der Waals surface area contributed by atoms with Gasteiger partial charge < -0.3 is 10.5 Å². The van der Waals surface area contributed by atoms with Crippen molar-refractivity contribution >= 4 is 34.7 Å². The lowest BCUT2D eigenvalue weighted by atomic mass is 10.0. The molecule has 104 valence electrons. The minimum atomic E-state index is -0.710. The lowest BCUT2D eigenvalue weighted by Gasteiger charge is -2.09. The minimum absolute atomic E-state index is 0.0983. The Kier molecular flexibility index (Phi) is 4.16. The monoisotopic (exact) mass is 313 g/mol. The third kappa shape index (κ3) is 2.71. The summed E-state index contributed by atoms with van der Waals surface area (Å²) in [5, 5.41) is 0.351. The summed E-state index contributed by atoms with van der Waals surface area (Å²) in [6.45, 7) is 0. The van der Waals surface area contributed by atoms with E-state index in [2.05, 4.69) is 0 Å². The Labute approximate surface area is 125 Å². The van der Waals surface area contributed by atoms with E-state index in [0.29, 0.717) is 5.75 Å². The van der Waals surface area contributed by atoms with Crippen LogP contribution >= 0.6 is 23.2 Å². The molecule has 0 aliphatic carbocycles. The number of methoxy groups -OCH3 is 1. The van der Waals surface area contributed by atoms with E-state index < -0.39 is 11.6 Å². The van der Waals surface area contributed by atoms with Crippen LogP contribution in [0.25, 0.3) is 0 Å². The number of nitrogens with two attached hydrogens (primary N) is 1. The second-order valence-corrected chi connectivity index (χ2v) is 4.85. The van der Waals surface area contributed by atoms with Crippen molar-refractivity contribution in [3.63, 3.8) is 0 Å². The van der Waals surface area contributed by atoms with Gasteiger partial charge in [0.25, 0.3) is 0 Å². The van der Waals surface area contributed by atoms with Gasteiger partial charge >= 0.3 is 0 Å². The van der Waals surface area contributed by atoms with E-state index >= 15 is 0 Å². The van der Waals surface area contributed by atoms with Crippen LogP contribution in [-0.4, -0.2) is 12.9 Å². The molecule has 0 unspecified atom stereocenters. The number of carbonyl (C=O) groups is 1. The lowest BCUT2D eigenvalue weighted by Crippen LogP contribution is -2.06. The molecule has 2 aromatic rings. The molecule has 0 amide bonds. The summed E-state index contributed by atoms with van der Waals surface area (Å²) in [6.07, 6.45) is 0. The van der Waals surface area contributed by atoms with Gasteiger partial charge in [0.1, 0.15) is 11.6 Å². The van der Waals surface area contributed by atoms with Crippen LogP contribution in [0.15, 0.2) is 30.3 Å². The number of anilines is 1. The van der Waals surface area contributed by atoms with Crippen LogP contribution in [0.1, 0.15) is 15.9 Å². The van der Waals surface area contributed by atoms with E-state index in [9.17, 15) is 9.18 Å². The number of benzene rings is 2. The molecule has 0 radical (unpaired) electrons. The Morgan fingerprint density at radius 3 is 2.45 bits per heavy atom. The highest BCUT2D eigenvalue weighted by molar-refractivity contribution is 6.37. The lowest BCUT2D eigenvalue weighted by molar-refractivity contribution is 0.103. The van der Waals surface area contributed by atoms with Crippen LogP contribution in [0.2, 0.25) is 10.0 Å². The molecule has 0 saturated heterocycles. The Balaban J connectivity index is 2.51. The van der Waals surface area contributed by atoms with E-state index in [1.165, 1.54) is 31.4 Å². The highest BCUT2D eigenvalue weighted by Crippen LogP contribution is 2.32. The zero-order valence-corrected chi connectivity index (χ0v) is 11.9. The fourth-order valence-corrected chi connectivity index (χ4v) is 2.20. The zero-order chi connectivity index (χ0) is 14.9. The molecule has 0 aliphatic heterocycles. The number of ether oxygens (including phenoxy) is 1. The van der Waals surface area contributed by atoms with E-state index in [4.69, 9.17) is 33.7 Å². The second-order valence-electron chi connectivity index (χ2n) is 4.04. The predicted molar refractivity (Wildman–Crippen MR) is 77.3 cm³/mol. The summed E-state index contributed by atoms with van der Waals surface area (Å²) in [5.74, 6) is -0.943. The zero-order valence-electron chi connectivity index (χ0n) is 10.4. The maximum absolute atomic E-state index is 13.8. The predicted octanol–water partition coefficient (Wildman–Crippen LogP) is 3.95. The molecule has 2 N–H and O–H groups in total. The number of hydrogen-bond acceptors (Lipinski definition) is 3. The molecule has 2 rings (SSSR count). The molecule has 6 heteroatoms. The maximum atomic E-state index is 13.8. The standard InChI is InChI=1S/C14H10Cl2FNO2/c1-20-13-6-10(15)9(5-11(13)16)14(19)8-3-2-7(18)4-12(8)17/h2-6H,18H2,1H3. The Bertz CT molecular complexity index is 689. The van der Waals surface area contributed by atoms with Crippen molar-refractivity contribution in [2.24, 2.45) is 0 Å². The topological polar surface area (TPSA) is 52.3 Å². The van der Waals surface area contributed by atoms with E-state index in [0.717, 1.165) is 6.07 Å². The summed E-state index contributed by atoms with van der Waals surface area (Å²) < 4.78 is 18.8. The van der Waals surface area contributed by atoms with Gasteiger partial charge in [-0.15, -0.1) is 0 Å². The molecule has 0 aliphatic rings. The van der Waals surface area contributed by atoms with E-state index in [-0.39, 0.29) is 26.9 Å². The highest BCUT2D eigenvalue weighted by Gasteiger charge is 2.19. The molecule has 0 aromatic heterocycles. The molecule has 0 fully saturated rings. The second kappa shape index (κ2) is 5.69. The van der Waals surface area contributed by atoms with Gasteiger partial charge in [0.2, 0.25) is 0 Å². The third-order valence-electron chi connectivity index (χ3n) is 2.72. The first-order chi connectivity index (χ1) is 9.43. The quantitative estimate of drug-likeness (QED) is 0.689. The van der Waals surface area contributed by atoms with Gasteiger partial charge in [-0.2, -0.15) is 0 Å². The van der Waals surface area contributed by atoms with Crippen molar-refractivity contribution in [1.82, 2.24) is 0 Å². The number of carbonyl (C=O) groups excluding carboxylic acids is 1. The molecular weight excluding hydrogens is 304 g/mol.